The van der Waals surface area contributed by atoms with Crippen LogP contribution in [-0.4, -0.2) is 36.5 Å². The average molecular weight is 332 g/mol. The predicted octanol–water partition coefficient (Wildman–Crippen LogP) is 1.89. The van der Waals surface area contributed by atoms with Crippen molar-refractivity contribution in [2.75, 3.05) is 6.54 Å². The number of hydrogen-bond donors (Lipinski definition) is 2. The van der Waals surface area contributed by atoms with E-state index in [2.05, 4.69) is 30.6 Å². The maximum Gasteiger partial charge on any atom is 0.182 e. The number of H-pyrrole nitrogens is 1. The lowest BCUT2D eigenvalue weighted by molar-refractivity contribution is 0.669. The molecule has 0 radical (unpaired) electrons. The van der Waals surface area contributed by atoms with Gasteiger partial charge in [0.05, 0.1) is 5.69 Å². The van der Waals surface area contributed by atoms with Crippen molar-refractivity contribution in [3.63, 3.8) is 0 Å². The summed E-state index contributed by atoms with van der Waals surface area (Å²) < 4.78 is 1.69. The monoisotopic (exact) mass is 331 g/mol. The van der Waals surface area contributed by atoms with Gasteiger partial charge in [-0.15, -0.1) is 0 Å². The molecule has 2 N–H and O–H groups in total. The van der Waals surface area contributed by atoms with Gasteiger partial charge in [0.15, 0.2) is 5.82 Å². The van der Waals surface area contributed by atoms with Crippen molar-refractivity contribution >= 4 is 11.6 Å². The van der Waals surface area contributed by atoms with Gasteiger partial charge in [0.2, 0.25) is 0 Å². The topological polar surface area (TPSA) is 84.3 Å². The molecule has 0 amide bonds. The van der Waals surface area contributed by atoms with Crippen LogP contribution in [0.2, 0.25) is 5.15 Å². The van der Waals surface area contributed by atoms with Crippen molar-refractivity contribution in [1.82, 2.24) is 35.3 Å². The first kappa shape index (κ1) is 15.6. The van der Waals surface area contributed by atoms with Crippen molar-refractivity contribution in [2.45, 2.75) is 19.9 Å². The van der Waals surface area contributed by atoms with Gasteiger partial charge >= 0.3 is 0 Å². The summed E-state index contributed by atoms with van der Waals surface area (Å²) >= 11 is 6.21. The first-order valence-electron chi connectivity index (χ1n) is 7.35. The van der Waals surface area contributed by atoms with Crippen LogP contribution < -0.4 is 5.32 Å². The molecule has 0 unspecified atom stereocenters. The lowest BCUT2D eigenvalue weighted by Gasteiger charge is -2.03. The summed E-state index contributed by atoms with van der Waals surface area (Å²) in [4.78, 5) is 8.55. The Kier molecular flexibility index (Phi) is 4.68. The van der Waals surface area contributed by atoms with E-state index in [0.29, 0.717) is 17.5 Å². The third-order valence-corrected chi connectivity index (χ3v) is 4.03. The quantitative estimate of drug-likeness (QED) is 0.674. The standard InChI is InChI=1S/C15H18ClN7/c1-10-12(14(16)23(2)22-10)9-18-7-5-13-19-15(21-20-13)11-4-3-6-17-8-11/h3-4,6,8,18H,5,7,9H2,1-2H3,(H,19,20,21). The third-order valence-electron chi connectivity index (χ3n) is 3.56. The second kappa shape index (κ2) is 6.89. The van der Waals surface area contributed by atoms with Gasteiger partial charge in [0.25, 0.3) is 0 Å². The van der Waals surface area contributed by atoms with Crippen LogP contribution >= 0.6 is 11.6 Å². The lowest BCUT2D eigenvalue weighted by Crippen LogP contribution is -2.17. The van der Waals surface area contributed by atoms with Gasteiger partial charge in [-0.3, -0.25) is 14.8 Å². The molecule has 3 heterocycles. The van der Waals surface area contributed by atoms with E-state index in [0.717, 1.165) is 35.6 Å². The Labute approximate surface area is 139 Å². The summed E-state index contributed by atoms with van der Waals surface area (Å²) in [5.41, 5.74) is 2.88. The van der Waals surface area contributed by atoms with Crippen LogP contribution in [0.1, 0.15) is 17.1 Å². The molecule has 0 aliphatic carbocycles. The Balaban J connectivity index is 1.53. The summed E-state index contributed by atoms with van der Waals surface area (Å²) in [6.45, 7) is 3.41. The SMILES string of the molecule is Cc1nn(C)c(Cl)c1CNCCc1nc(-c2cccnc2)n[nH]1. The van der Waals surface area contributed by atoms with Gasteiger partial charge in [-0.05, 0) is 19.1 Å². The zero-order valence-corrected chi connectivity index (χ0v) is 13.8. The molecule has 8 heteroatoms. The number of hydrogen-bond acceptors (Lipinski definition) is 5. The highest BCUT2D eigenvalue weighted by Gasteiger charge is 2.10. The Hall–Kier alpha value is -2.25. The molecular weight excluding hydrogens is 314 g/mol. The minimum absolute atomic E-state index is 0.666. The maximum atomic E-state index is 6.21. The fourth-order valence-corrected chi connectivity index (χ4v) is 2.57. The summed E-state index contributed by atoms with van der Waals surface area (Å²) in [5.74, 6) is 1.50. The van der Waals surface area contributed by atoms with Gasteiger partial charge in [0.1, 0.15) is 11.0 Å². The summed E-state index contributed by atoms with van der Waals surface area (Å²) in [6, 6.07) is 3.80. The molecule has 120 valence electrons. The predicted molar refractivity (Wildman–Crippen MR) is 88.0 cm³/mol. The van der Waals surface area contributed by atoms with Crippen LogP contribution in [0, 0.1) is 6.92 Å². The second-order valence-corrected chi connectivity index (χ2v) is 5.61. The number of rotatable bonds is 6. The van der Waals surface area contributed by atoms with E-state index in [1.807, 2.05) is 26.1 Å². The van der Waals surface area contributed by atoms with E-state index in [4.69, 9.17) is 11.6 Å². The molecule has 0 aromatic carbocycles. The maximum absolute atomic E-state index is 6.21. The average Bonchev–Trinajstić information content (AvgIpc) is 3.12. The largest absolute Gasteiger partial charge is 0.312 e. The Morgan fingerprint density at radius 3 is 2.96 bits per heavy atom. The molecule has 0 saturated carbocycles. The molecule has 0 aliphatic rings. The van der Waals surface area contributed by atoms with Crippen LogP contribution in [-0.2, 0) is 20.0 Å². The minimum Gasteiger partial charge on any atom is -0.312 e. The number of aryl methyl sites for hydroxylation is 2. The first-order chi connectivity index (χ1) is 11.1. The van der Waals surface area contributed by atoms with Gasteiger partial charge in [0, 0.05) is 50.1 Å². The highest BCUT2D eigenvalue weighted by Crippen LogP contribution is 2.18. The zero-order valence-electron chi connectivity index (χ0n) is 13.0. The number of pyridine rings is 1. The molecule has 0 bridgehead atoms. The number of aromatic amines is 1. The lowest BCUT2D eigenvalue weighted by atomic mass is 10.2. The van der Waals surface area contributed by atoms with Crippen LogP contribution in [0.25, 0.3) is 11.4 Å². The molecule has 7 nitrogen and oxygen atoms in total. The van der Waals surface area contributed by atoms with E-state index < -0.39 is 0 Å². The zero-order chi connectivity index (χ0) is 16.2. The Morgan fingerprint density at radius 2 is 2.26 bits per heavy atom. The molecule has 3 rings (SSSR count). The smallest absolute Gasteiger partial charge is 0.182 e. The molecule has 3 aromatic heterocycles. The molecule has 23 heavy (non-hydrogen) atoms. The van der Waals surface area contributed by atoms with Crippen molar-refractivity contribution < 1.29 is 0 Å². The third kappa shape index (κ3) is 3.57. The van der Waals surface area contributed by atoms with E-state index in [9.17, 15) is 0 Å². The molecule has 0 fully saturated rings. The van der Waals surface area contributed by atoms with Crippen molar-refractivity contribution in [3.8, 4) is 11.4 Å². The molecule has 0 aliphatic heterocycles. The van der Waals surface area contributed by atoms with Crippen molar-refractivity contribution in [1.29, 1.82) is 0 Å². The molecular formula is C15H18ClN7. The van der Waals surface area contributed by atoms with Gasteiger partial charge in [-0.2, -0.15) is 10.2 Å². The van der Waals surface area contributed by atoms with Crippen LogP contribution in [0.15, 0.2) is 24.5 Å². The van der Waals surface area contributed by atoms with Gasteiger partial charge < -0.3 is 5.32 Å². The van der Waals surface area contributed by atoms with Gasteiger partial charge in [-0.25, -0.2) is 4.98 Å². The minimum atomic E-state index is 0.666. The summed E-state index contributed by atoms with van der Waals surface area (Å²) in [5, 5.41) is 15.5. The normalized spacial score (nSPS) is 11.1. The van der Waals surface area contributed by atoms with E-state index in [-0.39, 0.29) is 0 Å². The Morgan fingerprint density at radius 1 is 1.39 bits per heavy atom. The summed E-state index contributed by atoms with van der Waals surface area (Å²) in [6.07, 6.45) is 4.23. The van der Waals surface area contributed by atoms with Crippen molar-refractivity contribution in [3.05, 3.63) is 46.8 Å². The van der Waals surface area contributed by atoms with Gasteiger partial charge in [-0.1, -0.05) is 11.6 Å². The highest BCUT2D eigenvalue weighted by atomic mass is 35.5. The summed E-state index contributed by atoms with van der Waals surface area (Å²) in [7, 11) is 1.84. The first-order valence-corrected chi connectivity index (χ1v) is 7.73. The molecule has 0 spiro atoms. The van der Waals surface area contributed by atoms with Crippen molar-refractivity contribution in [2.24, 2.45) is 7.05 Å². The second-order valence-electron chi connectivity index (χ2n) is 5.25. The van der Waals surface area contributed by atoms with Crippen LogP contribution in [0.3, 0.4) is 0 Å². The van der Waals surface area contributed by atoms with Crippen LogP contribution in [0.5, 0.6) is 0 Å². The molecule has 3 aromatic rings. The number of halogens is 1. The Bertz CT molecular complexity index is 778. The highest BCUT2D eigenvalue weighted by molar-refractivity contribution is 6.30. The number of aromatic nitrogens is 6. The van der Waals surface area contributed by atoms with Crippen LogP contribution in [0.4, 0.5) is 0 Å². The number of nitrogens with one attached hydrogen (secondary N) is 2. The van der Waals surface area contributed by atoms with E-state index in [1.54, 1.807) is 17.1 Å². The van der Waals surface area contributed by atoms with E-state index >= 15 is 0 Å². The fraction of sp³-hybridized carbons (Fsp3) is 0.333. The van der Waals surface area contributed by atoms with E-state index in [1.165, 1.54) is 0 Å². The number of nitrogens with zero attached hydrogens (tertiary/aromatic N) is 5. The molecule has 0 saturated heterocycles. The molecule has 0 atom stereocenters. The fourth-order valence-electron chi connectivity index (χ4n) is 2.33.